The van der Waals surface area contributed by atoms with Crippen LogP contribution >= 0.6 is 0 Å². The van der Waals surface area contributed by atoms with Crippen molar-refractivity contribution in [1.82, 2.24) is 20.6 Å². The molecule has 9 nitrogen and oxygen atoms in total. The predicted octanol–water partition coefficient (Wildman–Crippen LogP) is 3.21. The number of rotatable bonds is 9. The molecular formula is C26H28FN5O4. The second-order valence-electron chi connectivity index (χ2n) is 8.52. The number of hydrogen-bond acceptors (Lipinski definition) is 7. The lowest BCUT2D eigenvalue weighted by molar-refractivity contribution is -0.127. The number of nitrogens with zero attached hydrogens (tertiary/aromatic N) is 2. The Labute approximate surface area is 208 Å². The zero-order valence-electron chi connectivity index (χ0n) is 20.1. The predicted molar refractivity (Wildman–Crippen MR) is 132 cm³/mol. The number of amides is 2. The van der Waals surface area contributed by atoms with E-state index in [2.05, 4.69) is 25.9 Å². The molecule has 0 bridgehead atoms. The minimum Gasteiger partial charge on any atom is -0.497 e. The SMILES string of the molecule is COc1ccc(Nc2ccc(CNC(=O)[C@]3(NC(=O)c4cnc(C)nc4)CCOC3)cc2)c(CF)c1. The van der Waals surface area contributed by atoms with E-state index in [0.29, 0.717) is 35.9 Å². The third-order valence-corrected chi connectivity index (χ3v) is 5.99. The fourth-order valence-corrected chi connectivity index (χ4v) is 3.84. The summed E-state index contributed by atoms with van der Waals surface area (Å²) in [6.45, 7) is 1.82. The first kappa shape index (κ1) is 25.1. The van der Waals surface area contributed by atoms with Gasteiger partial charge in [0.05, 0.1) is 19.3 Å². The molecule has 2 heterocycles. The monoisotopic (exact) mass is 493 g/mol. The third kappa shape index (κ3) is 5.77. The number of alkyl halides is 1. The molecule has 1 saturated heterocycles. The topological polar surface area (TPSA) is 114 Å². The van der Waals surface area contributed by atoms with Crippen molar-refractivity contribution in [2.75, 3.05) is 25.6 Å². The summed E-state index contributed by atoms with van der Waals surface area (Å²) in [6, 6.07) is 12.6. The Kier molecular flexibility index (Phi) is 7.74. The van der Waals surface area contributed by atoms with Gasteiger partial charge < -0.3 is 25.4 Å². The highest BCUT2D eigenvalue weighted by molar-refractivity contribution is 5.99. The number of aromatic nitrogens is 2. The van der Waals surface area contributed by atoms with Gasteiger partial charge >= 0.3 is 0 Å². The summed E-state index contributed by atoms with van der Waals surface area (Å²) in [7, 11) is 1.54. The average Bonchev–Trinajstić information content (AvgIpc) is 3.38. The van der Waals surface area contributed by atoms with Crippen molar-refractivity contribution in [1.29, 1.82) is 0 Å². The molecule has 0 radical (unpaired) electrons. The van der Waals surface area contributed by atoms with Gasteiger partial charge in [0.1, 0.15) is 23.8 Å². The van der Waals surface area contributed by atoms with E-state index >= 15 is 0 Å². The zero-order valence-corrected chi connectivity index (χ0v) is 20.1. The number of carbonyl (C=O) groups is 2. The number of nitrogens with one attached hydrogen (secondary N) is 3. The highest BCUT2D eigenvalue weighted by atomic mass is 19.1. The smallest absolute Gasteiger partial charge is 0.255 e. The fourth-order valence-electron chi connectivity index (χ4n) is 3.84. The van der Waals surface area contributed by atoms with Gasteiger partial charge in [0.25, 0.3) is 5.91 Å². The van der Waals surface area contributed by atoms with Gasteiger partial charge in [-0.1, -0.05) is 12.1 Å². The Bertz CT molecular complexity index is 1210. The van der Waals surface area contributed by atoms with Gasteiger partial charge in [-0.05, 0) is 42.8 Å². The molecule has 36 heavy (non-hydrogen) atoms. The van der Waals surface area contributed by atoms with Crippen LogP contribution in [0.3, 0.4) is 0 Å². The Morgan fingerprint density at radius 2 is 1.89 bits per heavy atom. The van der Waals surface area contributed by atoms with E-state index in [-0.39, 0.29) is 24.6 Å². The van der Waals surface area contributed by atoms with Crippen LogP contribution in [0.4, 0.5) is 15.8 Å². The molecule has 1 aliphatic heterocycles. The van der Waals surface area contributed by atoms with Gasteiger partial charge in [0.2, 0.25) is 5.91 Å². The first-order valence-corrected chi connectivity index (χ1v) is 11.5. The van der Waals surface area contributed by atoms with E-state index in [9.17, 15) is 14.0 Å². The Hall–Kier alpha value is -4.05. The summed E-state index contributed by atoms with van der Waals surface area (Å²) in [5.74, 6) is 0.385. The molecule has 2 aromatic carbocycles. The van der Waals surface area contributed by atoms with Crippen molar-refractivity contribution in [3.05, 3.63) is 77.4 Å². The molecule has 1 aromatic heterocycles. The standard InChI is InChI=1S/C26H28FN5O4/c1-17-28-14-20(15-29-17)24(33)32-26(9-10-36-16-26)25(34)30-13-18-3-5-21(6-4-18)31-23-8-7-22(35-2)11-19(23)12-27/h3-8,11,14-15,31H,9-10,12-13,16H2,1-2H3,(H,30,34)(H,32,33)/t26-/m0/s1. The maximum absolute atomic E-state index is 13.4. The van der Waals surface area contributed by atoms with Crippen LogP contribution in [0.1, 0.15) is 33.7 Å². The van der Waals surface area contributed by atoms with Crippen LogP contribution in [0.5, 0.6) is 5.75 Å². The Morgan fingerprint density at radius 3 is 2.53 bits per heavy atom. The maximum Gasteiger partial charge on any atom is 0.255 e. The number of methoxy groups -OCH3 is 1. The molecule has 1 atom stereocenters. The summed E-state index contributed by atoms with van der Waals surface area (Å²) in [5, 5.41) is 8.91. The zero-order chi connectivity index (χ0) is 25.5. The minimum atomic E-state index is -1.17. The highest BCUT2D eigenvalue weighted by Crippen LogP contribution is 2.26. The van der Waals surface area contributed by atoms with Crippen molar-refractivity contribution in [3.63, 3.8) is 0 Å². The molecule has 4 rings (SSSR count). The lowest BCUT2D eigenvalue weighted by Gasteiger charge is -2.27. The van der Waals surface area contributed by atoms with E-state index in [1.54, 1.807) is 25.1 Å². The molecule has 10 heteroatoms. The Morgan fingerprint density at radius 1 is 1.14 bits per heavy atom. The average molecular weight is 494 g/mol. The summed E-state index contributed by atoms with van der Waals surface area (Å²) in [4.78, 5) is 33.9. The van der Waals surface area contributed by atoms with Gasteiger partial charge in [-0.2, -0.15) is 0 Å². The van der Waals surface area contributed by atoms with Gasteiger partial charge in [-0.25, -0.2) is 14.4 Å². The van der Waals surface area contributed by atoms with Crippen molar-refractivity contribution in [2.45, 2.75) is 32.1 Å². The van der Waals surface area contributed by atoms with E-state index < -0.39 is 18.1 Å². The van der Waals surface area contributed by atoms with Gasteiger partial charge in [0.15, 0.2) is 0 Å². The molecule has 0 aliphatic carbocycles. The summed E-state index contributed by atoms with van der Waals surface area (Å²) >= 11 is 0. The minimum absolute atomic E-state index is 0.0823. The summed E-state index contributed by atoms with van der Waals surface area (Å²) in [5.41, 5.74) is 1.89. The van der Waals surface area contributed by atoms with Gasteiger partial charge in [0, 0.05) is 48.9 Å². The first-order valence-electron chi connectivity index (χ1n) is 11.5. The van der Waals surface area contributed by atoms with Crippen molar-refractivity contribution in [3.8, 4) is 5.75 Å². The van der Waals surface area contributed by atoms with Gasteiger partial charge in [-0.15, -0.1) is 0 Å². The third-order valence-electron chi connectivity index (χ3n) is 5.99. The molecular weight excluding hydrogens is 465 g/mol. The highest BCUT2D eigenvalue weighted by Gasteiger charge is 2.43. The molecule has 0 spiro atoms. The molecule has 0 unspecified atom stereocenters. The molecule has 188 valence electrons. The van der Waals surface area contributed by atoms with Crippen molar-refractivity contribution >= 4 is 23.2 Å². The van der Waals surface area contributed by atoms with Crippen LogP contribution in [-0.2, 0) is 22.8 Å². The number of aryl methyl sites for hydroxylation is 1. The number of anilines is 2. The lowest BCUT2D eigenvalue weighted by atomic mass is 9.96. The first-order chi connectivity index (χ1) is 17.4. The van der Waals surface area contributed by atoms with Crippen molar-refractivity contribution in [2.24, 2.45) is 0 Å². The quantitative estimate of drug-likeness (QED) is 0.419. The maximum atomic E-state index is 13.4. The van der Waals surface area contributed by atoms with Crippen LogP contribution in [0.2, 0.25) is 0 Å². The number of carbonyl (C=O) groups excluding carboxylic acids is 2. The summed E-state index contributed by atoms with van der Waals surface area (Å²) in [6.07, 6.45) is 3.22. The molecule has 0 saturated carbocycles. The van der Waals surface area contributed by atoms with E-state index in [0.717, 1.165) is 11.3 Å². The lowest BCUT2D eigenvalue weighted by Crippen LogP contribution is -2.59. The van der Waals surface area contributed by atoms with E-state index in [1.807, 2.05) is 24.3 Å². The fraction of sp³-hybridized carbons (Fsp3) is 0.308. The molecule has 1 aliphatic rings. The van der Waals surface area contributed by atoms with Crippen LogP contribution in [-0.4, -0.2) is 47.6 Å². The Balaban J connectivity index is 1.37. The van der Waals surface area contributed by atoms with E-state index in [4.69, 9.17) is 9.47 Å². The van der Waals surface area contributed by atoms with E-state index in [1.165, 1.54) is 19.5 Å². The van der Waals surface area contributed by atoms with Crippen molar-refractivity contribution < 1.29 is 23.5 Å². The number of hydrogen-bond donors (Lipinski definition) is 3. The molecule has 1 fully saturated rings. The largest absolute Gasteiger partial charge is 0.497 e. The molecule has 3 aromatic rings. The summed E-state index contributed by atoms with van der Waals surface area (Å²) < 4.78 is 24.0. The normalized spacial score (nSPS) is 16.9. The second kappa shape index (κ2) is 11.1. The van der Waals surface area contributed by atoms with Crippen LogP contribution in [0.25, 0.3) is 0 Å². The molecule has 3 N–H and O–H groups in total. The second-order valence-corrected chi connectivity index (χ2v) is 8.52. The van der Waals surface area contributed by atoms with Gasteiger partial charge in [-0.3, -0.25) is 9.59 Å². The number of halogens is 1. The van der Waals surface area contributed by atoms with Crippen LogP contribution in [0.15, 0.2) is 54.9 Å². The van der Waals surface area contributed by atoms with Crippen LogP contribution in [0, 0.1) is 6.92 Å². The number of benzene rings is 2. The molecule has 2 amide bonds. The number of ether oxygens (including phenoxy) is 2. The van der Waals surface area contributed by atoms with Crippen LogP contribution < -0.4 is 20.7 Å².